The molecule has 0 aliphatic heterocycles. The van der Waals surface area contributed by atoms with E-state index in [0.717, 1.165) is 0 Å². The normalized spacial score (nSPS) is 26.2. The van der Waals surface area contributed by atoms with Crippen molar-refractivity contribution in [2.75, 3.05) is 6.61 Å². The lowest BCUT2D eigenvalue weighted by molar-refractivity contribution is -0.160. The minimum absolute atomic E-state index is 0.170. The van der Waals surface area contributed by atoms with Crippen molar-refractivity contribution in [3.05, 3.63) is 23.8 Å². The highest BCUT2D eigenvalue weighted by Gasteiger charge is 2.48. The van der Waals surface area contributed by atoms with Crippen LogP contribution < -0.4 is 0 Å². The average molecular weight is 266 g/mol. The highest BCUT2D eigenvalue weighted by molar-refractivity contribution is 5.96. The van der Waals surface area contributed by atoms with Gasteiger partial charge >= 0.3 is 5.97 Å². The topological polar surface area (TPSA) is 63.6 Å². The summed E-state index contributed by atoms with van der Waals surface area (Å²) in [6.07, 6.45) is 5.03. The van der Waals surface area contributed by atoms with Crippen LogP contribution in [0.2, 0.25) is 0 Å². The van der Waals surface area contributed by atoms with Crippen LogP contribution in [0.25, 0.3) is 0 Å². The Morgan fingerprint density at radius 1 is 1.47 bits per heavy atom. The predicted octanol–water partition coefficient (Wildman–Crippen LogP) is 2.03. The number of Topliss-reactive ketones (excluding diaryl/α,β-unsaturated/α-hetero) is 1. The number of ether oxygens (including phenoxy) is 1. The highest BCUT2D eigenvalue weighted by atomic mass is 16.5. The molecule has 0 saturated heterocycles. The summed E-state index contributed by atoms with van der Waals surface area (Å²) in [5.74, 6) is -1.66. The van der Waals surface area contributed by atoms with E-state index in [4.69, 9.17) is 4.74 Å². The number of ketones is 1. The molecular formula is C15H22O4. The van der Waals surface area contributed by atoms with Gasteiger partial charge in [-0.25, -0.2) is 0 Å². The maximum absolute atomic E-state index is 12.1. The van der Waals surface area contributed by atoms with Crippen LogP contribution in [-0.4, -0.2) is 29.1 Å². The van der Waals surface area contributed by atoms with Gasteiger partial charge in [-0.1, -0.05) is 39.0 Å². The molecule has 1 aliphatic carbocycles. The first-order valence-corrected chi connectivity index (χ1v) is 6.61. The third-order valence-electron chi connectivity index (χ3n) is 3.26. The number of hydrogen-bond donors (Lipinski definition) is 1. The van der Waals surface area contributed by atoms with Gasteiger partial charge in [-0.3, -0.25) is 9.59 Å². The van der Waals surface area contributed by atoms with Crippen molar-refractivity contribution in [1.29, 1.82) is 0 Å². The number of allylic oxidation sites excluding steroid dienone is 2. The minimum atomic E-state index is -1.77. The second kappa shape index (κ2) is 6.15. The lowest BCUT2D eigenvalue weighted by atomic mass is 9.74. The summed E-state index contributed by atoms with van der Waals surface area (Å²) in [6.45, 7) is 7.46. The van der Waals surface area contributed by atoms with Crippen molar-refractivity contribution in [3.8, 4) is 0 Å². The molecule has 0 saturated carbocycles. The number of carbonyl (C=O) groups excluding carboxylic acids is 2. The summed E-state index contributed by atoms with van der Waals surface area (Å²) in [7, 11) is 0. The fraction of sp³-hybridized carbons (Fsp3) is 0.600. The van der Waals surface area contributed by atoms with Gasteiger partial charge in [0.15, 0.2) is 11.4 Å². The summed E-state index contributed by atoms with van der Waals surface area (Å²) in [6, 6.07) is 0. The molecule has 1 aliphatic rings. The van der Waals surface area contributed by atoms with E-state index in [9.17, 15) is 14.7 Å². The molecule has 2 atom stereocenters. The van der Waals surface area contributed by atoms with E-state index in [1.165, 1.54) is 6.08 Å². The Morgan fingerprint density at radius 3 is 2.63 bits per heavy atom. The third kappa shape index (κ3) is 3.13. The molecule has 1 N–H and O–H groups in total. The van der Waals surface area contributed by atoms with Crippen LogP contribution in [0.3, 0.4) is 0 Å². The quantitative estimate of drug-likeness (QED) is 0.773. The molecule has 2 unspecified atom stereocenters. The third-order valence-corrected chi connectivity index (χ3v) is 3.26. The molecule has 0 aromatic rings. The first kappa shape index (κ1) is 15.6. The summed E-state index contributed by atoms with van der Waals surface area (Å²) in [5, 5.41) is 10.6. The first-order valence-electron chi connectivity index (χ1n) is 6.61. The molecule has 19 heavy (non-hydrogen) atoms. The largest absolute Gasteiger partial charge is 0.465 e. The molecule has 1 rings (SSSR count). The van der Waals surface area contributed by atoms with Crippen LogP contribution in [0.4, 0.5) is 0 Å². The van der Waals surface area contributed by atoms with E-state index < -0.39 is 17.5 Å². The molecule has 4 heteroatoms. The zero-order valence-electron chi connectivity index (χ0n) is 12.0. The molecule has 0 spiro atoms. The lowest BCUT2D eigenvalue weighted by Crippen LogP contribution is -2.50. The zero-order chi connectivity index (χ0) is 14.6. The fourth-order valence-corrected chi connectivity index (χ4v) is 2.07. The Hall–Kier alpha value is -1.42. The molecule has 0 aromatic carbocycles. The molecule has 0 amide bonds. The van der Waals surface area contributed by atoms with E-state index in [1.807, 2.05) is 13.8 Å². The lowest BCUT2D eigenvalue weighted by Gasteiger charge is -2.34. The maximum atomic E-state index is 12.1. The SMILES string of the molecule is CCC(=O)C1(O)C(C)=CC=CC1C(=O)OCC(C)C. The maximum Gasteiger partial charge on any atom is 0.316 e. The number of rotatable bonds is 5. The second-order valence-electron chi connectivity index (χ2n) is 5.28. The van der Waals surface area contributed by atoms with Gasteiger partial charge in [0.25, 0.3) is 0 Å². The monoisotopic (exact) mass is 266 g/mol. The van der Waals surface area contributed by atoms with E-state index in [-0.39, 0.29) is 24.7 Å². The van der Waals surface area contributed by atoms with E-state index in [0.29, 0.717) is 5.57 Å². The van der Waals surface area contributed by atoms with E-state index in [2.05, 4.69) is 0 Å². The standard InChI is InChI=1S/C15H22O4/c1-5-13(16)15(18)11(4)7-6-8-12(15)14(17)19-9-10(2)3/h6-8,10,12,18H,5,9H2,1-4H3. The number of carbonyl (C=O) groups is 2. The Bertz CT molecular complexity index is 420. The molecule has 4 nitrogen and oxygen atoms in total. The molecule has 106 valence electrons. The van der Waals surface area contributed by atoms with Crippen LogP contribution in [-0.2, 0) is 14.3 Å². The Morgan fingerprint density at radius 2 is 2.11 bits per heavy atom. The van der Waals surface area contributed by atoms with Gasteiger partial charge in [0.2, 0.25) is 0 Å². The number of hydrogen-bond acceptors (Lipinski definition) is 4. The molecule has 0 aromatic heterocycles. The van der Waals surface area contributed by atoms with Gasteiger partial charge in [-0.15, -0.1) is 0 Å². The summed E-state index contributed by atoms with van der Waals surface area (Å²) >= 11 is 0. The molecule has 0 radical (unpaired) electrons. The van der Waals surface area contributed by atoms with Crippen LogP contribution >= 0.6 is 0 Å². The van der Waals surface area contributed by atoms with Crippen molar-refractivity contribution in [2.24, 2.45) is 11.8 Å². The summed E-state index contributed by atoms with van der Waals surface area (Å²) < 4.78 is 5.15. The highest BCUT2D eigenvalue weighted by Crippen LogP contribution is 2.33. The smallest absolute Gasteiger partial charge is 0.316 e. The van der Waals surface area contributed by atoms with E-state index in [1.54, 1.807) is 26.0 Å². The Kier molecular flexibility index (Phi) is 5.06. The fourth-order valence-electron chi connectivity index (χ4n) is 2.07. The van der Waals surface area contributed by atoms with Crippen LogP contribution in [0.15, 0.2) is 23.8 Å². The van der Waals surface area contributed by atoms with Gasteiger partial charge in [0, 0.05) is 6.42 Å². The Labute approximate surface area is 114 Å². The summed E-state index contributed by atoms with van der Waals surface area (Å²) in [4.78, 5) is 24.1. The van der Waals surface area contributed by atoms with Gasteiger partial charge < -0.3 is 9.84 Å². The van der Waals surface area contributed by atoms with Crippen molar-refractivity contribution in [1.82, 2.24) is 0 Å². The zero-order valence-corrected chi connectivity index (χ0v) is 12.0. The predicted molar refractivity (Wildman–Crippen MR) is 72.4 cm³/mol. The van der Waals surface area contributed by atoms with Gasteiger partial charge in [0.05, 0.1) is 6.61 Å². The van der Waals surface area contributed by atoms with Gasteiger partial charge in [-0.2, -0.15) is 0 Å². The van der Waals surface area contributed by atoms with Crippen LogP contribution in [0.5, 0.6) is 0 Å². The van der Waals surface area contributed by atoms with Crippen molar-refractivity contribution in [3.63, 3.8) is 0 Å². The molecule has 0 heterocycles. The van der Waals surface area contributed by atoms with Crippen molar-refractivity contribution >= 4 is 11.8 Å². The second-order valence-corrected chi connectivity index (χ2v) is 5.28. The minimum Gasteiger partial charge on any atom is -0.465 e. The average Bonchev–Trinajstić information content (AvgIpc) is 2.38. The van der Waals surface area contributed by atoms with Gasteiger partial charge in [-0.05, 0) is 18.4 Å². The number of aliphatic hydroxyl groups is 1. The number of esters is 1. The molecule has 0 fully saturated rings. The van der Waals surface area contributed by atoms with Crippen LogP contribution in [0, 0.1) is 11.8 Å². The van der Waals surface area contributed by atoms with E-state index >= 15 is 0 Å². The molecule has 0 bridgehead atoms. The van der Waals surface area contributed by atoms with Crippen molar-refractivity contribution < 1.29 is 19.4 Å². The Balaban J connectivity index is 2.97. The van der Waals surface area contributed by atoms with Crippen molar-refractivity contribution in [2.45, 2.75) is 39.7 Å². The van der Waals surface area contributed by atoms with Gasteiger partial charge in [0.1, 0.15) is 5.92 Å². The molecular weight excluding hydrogens is 244 g/mol. The summed E-state index contributed by atoms with van der Waals surface area (Å²) in [5.41, 5.74) is -1.29. The van der Waals surface area contributed by atoms with Crippen LogP contribution in [0.1, 0.15) is 34.1 Å². The first-order chi connectivity index (χ1) is 8.83.